The number of hydrogen-bond donors (Lipinski definition) is 0. The fraction of sp³-hybridized carbons (Fsp3) is 0.308. The van der Waals surface area contributed by atoms with Gasteiger partial charge < -0.3 is 9.64 Å². The maximum atomic E-state index is 11.4. The summed E-state index contributed by atoms with van der Waals surface area (Å²) in [5.41, 5.74) is 0. The molecule has 0 atom stereocenters. The number of aromatic nitrogens is 2. The Balaban J connectivity index is 2.41. The molecular weight excluding hydrogens is 230 g/mol. The van der Waals surface area contributed by atoms with Crippen molar-refractivity contribution in [3.8, 4) is 0 Å². The summed E-state index contributed by atoms with van der Waals surface area (Å²) < 4.78 is 4.69. The monoisotopic (exact) mass is 245 g/mol. The molecular formula is C13H15N3O2. The van der Waals surface area contributed by atoms with Crippen LogP contribution < -0.4 is 4.90 Å². The van der Waals surface area contributed by atoms with Crippen LogP contribution in [0.5, 0.6) is 0 Å². The van der Waals surface area contributed by atoms with E-state index in [-0.39, 0.29) is 12.5 Å². The molecule has 2 rings (SSSR count). The Morgan fingerprint density at radius 1 is 1.39 bits per heavy atom. The van der Waals surface area contributed by atoms with E-state index < -0.39 is 0 Å². The number of nitrogens with zero attached hydrogens (tertiary/aromatic N) is 3. The van der Waals surface area contributed by atoms with Crippen molar-refractivity contribution in [3.63, 3.8) is 0 Å². The molecule has 5 heteroatoms. The van der Waals surface area contributed by atoms with Gasteiger partial charge in [0.1, 0.15) is 6.54 Å². The second-order valence-corrected chi connectivity index (χ2v) is 3.85. The van der Waals surface area contributed by atoms with Crippen LogP contribution in [-0.2, 0) is 9.53 Å². The van der Waals surface area contributed by atoms with Gasteiger partial charge in [0.05, 0.1) is 13.3 Å². The van der Waals surface area contributed by atoms with Crippen LogP contribution >= 0.6 is 0 Å². The van der Waals surface area contributed by atoms with Crippen molar-refractivity contribution < 1.29 is 9.53 Å². The van der Waals surface area contributed by atoms with E-state index in [1.54, 1.807) is 6.20 Å². The molecule has 1 aromatic carbocycles. The number of rotatable bonds is 4. The van der Waals surface area contributed by atoms with Crippen molar-refractivity contribution in [2.75, 3.05) is 25.1 Å². The Bertz CT molecular complexity index is 551. The van der Waals surface area contributed by atoms with E-state index in [0.29, 0.717) is 12.4 Å². The summed E-state index contributed by atoms with van der Waals surface area (Å²) in [4.78, 5) is 13.2. The number of carbonyl (C=O) groups excluding carboxylic acids is 1. The fourth-order valence-corrected chi connectivity index (χ4v) is 1.80. The topological polar surface area (TPSA) is 55.3 Å². The van der Waals surface area contributed by atoms with Gasteiger partial charge in [0.25, 0.3) is 0 Å². The van der Waals surface area contributed by atoms with Crippen molar-refractivity contribution in [2.45, 2.75) is 6.92 Å². The number of hydrogen-bond acceptors (Lipinski definition) is 5. The highest BCUT2D eigenvalue weighted by atomic mass is 16.5. The molecule has 1 heterocycles. The molecule has 0 aliphatic rings. The first-order valence-electron chi connectivity index (χ1n) is 5.78. The second kappa shape index (κ2) is 5.44. The average Bonchev–Trinajstić information content (AvgIpc) is 2.44. The van der Waals surface area contributed by atoms with Gasteiger partial charge in [-0.1, -0.05) is 24.3 Å². The van der Waals surface area contributed by atoms with Crippen molar-refractivity contribution in [1.29, 1.82) is 0 Å². The number of esters is 1. The van der Waals surface area contributed by atoms with Crippen LogP contribution in [0.25, 0.3) is 10.8 Å². The smallest absolute Gasteiger partial charge is 0.325 e. The maximum absolute atomic E-state index is 11.4. The van der Waals surface area contributed by atoms with E-state index in [1.807, 2.05) is 36.1 Å². The number of fused-ring (bicyclic) bond motifs is 1. The van der Waals surface area contributed by atoms with Gasteiger partial charge >= 0.3 is 5.97 Å². The number of ether oxygens (including phenoxy) is 1. The number of methoxy groups -OCH3 is 1. The van der Waals surface area contributed by atoms with E-state index in [2.05, 4.69) is 14.9 Å². The first-order valence-corrected chi connectivity index (χ1v) is 5.78. The maximum Gasteiger partial charge on any atom is 0.325 e. The Morgan fingerprint density at radius 2 is 2.17 bits per heavy atom. The summed E-state index contributed by atoms with van der Waals surface area (Å²) in [7, 11) is 1.38. The van der Waals surface area contributed by atoms with E-state index in [9.17, 15) is 4.79 Å². The Labute approximate surface area is 105 Å². The van der Waals surface area contributed by atoms with Gasteiger partial charge in [0, 0.05) is 17.3 Å². The van der Waals surface area contributed by atoms with Crippen LogP contribution in [0, 0.1) is 0 Å². The molecule has 0 radical (unpaired) electrons. The van der Waals surface area contributed by atoms with Gasteiger partial charge in [-0.15, -0.1) is 5.10 Å². The van der Waals surface area contributed by atoms with Crippen molar-refractivity contribution in [2.24, 2.45) is 0 Å². The zero-order chi connectivity index (χ0) is 13.0. The number of benzene rings is 1. The van der Waals surface area contributed by atoms with Gasteiger partial charge in [-0.05, 0) is 6.92 Å². The predicted molar refractivity (Wildman–Crippen MR) is 69.4 cm³/mol. The highest BCUT2D eigenvalue weighted by molar-refractivity contribution is 5.92. The summed E-state index contributed by atoms with van der Waals surface area (Å²) in [6.07, 6.45) is 1.71. The molecule has 0 aliphatic heterocycles. The van der Waals surface area contributed by atoms with Crippen LogP contribution in [-0.4, -0.2) is 36.4 Å². The van der Waals surface area contributed by atoms with Gasteiger partial charge in [-0.2, -0.15) is 5.10 Å². The minimum atomic E-state index is -0.286. The van der Waals surface area contributed by atoms with E-state index in [0.717, 1.165) is 10.8 Å². The molecule has 0 N–H and O–H groups in total. The van der Waals surface area contributed by atoms with Crippen molar-refractivity contribution in [1.82, 2.24) is 10.2 Å². The van der Waals surface area contributed by atoms with Crippen LogP contribution in [0.3, 0.4) is 0 Å². The number of anilines is 1. The van der Waals surface area contributed by atoms with Gasteiger partial charge in [-0.25, -0.2) is 0 Å². The van der Waals surface area contributed by atoms with Crippen LogP contribution in [0.1, 0.15) is 6.92 Å². The highest BCUT2D eigenvalue weighted by Crippen LogP contribution is 2.22. The molecule has 0 saturated carbocycles. The molecule has 1 aromatic heterocycles. The van der Waals surface area contributed by atoms with Crippen LogP contribution in [0.15, 0.2) is 30.5 Å². The zero-order valence-electron chi connectivity index (χ0n) is 10.5. The normalized spacial score (nSPS) is 10.3. The van der Waals surface area contributed by atoms with E-state index >= 15 is 0 Å². The molecule has 0 bridgehead atoms. The Morgan fingerprint density at radius 3 is 2.89 bits per heavy atom. The summed E-state index contributed by atoms with van der Waals surface area (Å²) in [6, 6.07) is 7.84. The zero-order valence-corrected chi connectivity index (χ0v) is 10.5. The molecule has 0 aliphatic carbocycles. The third kappa shape index (κ3) is 2.40. The molecule has 0 spiro atoms. The van der Waals surface area contributed by atoms with Crippen LogP contribution in [0.4, 0.5) is 5.82 Å². The summed E-state index contributed by atoms with van der Waals surface area (Å²) in [5.74, 6) is 0.424. The summed E-state index contributed by atoms with van der Waals surface area (Å²) in [5, 5.41) is 10.1. The molecule has 2 aromatic rings. The summed E-state index contributed by atoms with van der Waals surface area (Å²) in [6.45, 7) is 2.81. The molecule has 94 valence electrons. The van der Waals surface area contributed by atoms with E-state index in [4.69, 9.17) is 0 Å². The Kier molecular flexibility index (Phi) is 3.72. The fourth-order valence-electron chi connectivity index (χ4n) is 1.80. The predicted octanol–water partition coefficient (Wildman–Crippen LogP) is 1.63. The molecule has 0 saturated heterocycles. The first-order chi connectivity index (χ1) is 8.76. The van der Waals surface area contributed by atoms with Gasteiger partial charge in [0.15, 0.2) is 5.82 Å². The third-order valence-corrected chi connectivity index (χ3v) is 2.78. The lowest BCUT2D eigenvalue weighted by Crippen LogP contribution is -2.31. The largest absolute Gasteiger partial charge is 0.468 e. The van der Waals surface area contributed by atoms with Gasteiger partial charge in [-0.3, -0.25) is 4.79 Å². The average molecular weight is 245 g/mol. The standard InChI is InChI=1S/C13H15N3O2/c1-3-16(9-12(17)18-2)13-11-7-5-4-6-10(11)8-14-15-13/h4-8H,3,9H2,1-2H3. The number of likely N-dealkylation sites (N-methyl/N-ethyl adjacent to an activating group) is 1. The lowest BCUT2D eigenvalue weighted by molar-refractivity contribution is -0.138. The molecule has 0 fully saturated rings. The lowest BCUT2D eigenvalue weighted by Gasteiger charge is -2.21. The highest BCUT2D eigenvalue weighted by Gasteiger charge is 2.14. The molecule has 0 amide bonds. The quantitative estimate of drug-likeness (QED) is 0.766. The SMILES string of the molecule is CCN(CC(=O)OC)c1nncc2ccccc12. The summed E-state index contributed by atoms with van der Waals surface area (Å²) >= 11 is 0. The van der Waals surface area contributed by atoms with Crippen molar-refractivity contribution >= 4 is 22.6 Å². The Hall–Kier alpha value is -2.17. The minimum absolute atomic E-state index is 0.176. The van der Waals surface area contributed by atoms with Crippen LogP contribution in [0.2, 0.25) is 0 Å². The molecule has 5 nitrogen and oxygen atoms in total. The lowest BCUT2D eigenvalue weighted by atomic mass is 10.2. The van der Waals surface area contributed by atoms with Crippen molar-refractivity contribution in [3.05, 3.63) is 30.5 Å². The minimum Gasteiger partial charge on any atom is -0.468 e. The molecule has 18 heavy (non-hydrogen) atoms. The third-order valence-electron chi connectivity index (χ3n) is 2.78. The molecule has 0 unspecified atom stereocenters. The van der Waals surface area contributed by atoms with E-state index in [1.165, 1.54) is 7.11 Å². The number of carbonyl (C=O) groups is 1. The first kappa shape index (κ1) is 12.3. The van der Waals surface area contributed by atoms with Gasteiger partial charge in [0.2, 0.25) is 0 Å². The second-order valence-electron chi connectivity index (χ2n) is 3.85.